The molecule has 2 aromatic carbocycles. The summed E-state index contributed by atoms with van der Waals surface area (Å²) in [5, 5.41) is 12.6. The van der Waals surface area contributed by atoms with Gasteiger partial charge in [0.1, 0.15) is 5.82 Å². The van der Waals surface area contributed by atoms with E-state index >= 15 is 0 Å². The van der Waals surface area contributed by atoms with E-state index in [4.69, 9.17) is 12.2 Å². The molecule has 26 heavy (non-hydrogen) atoms. The number of nitrogens with one attached hydrogen (secondary N) is 1. The van der Waals surface area contributed by atoms with Crippen LogP contribution in [-0.2, 0) is 6.54 Å². The average Bonchev–Trinajstić information content (AvgIpc) is 3.12. The maximum atomic E-state index is 5.23. The van der Waals surface area contributed by atoms with Gasteiger partial charge in [-0.1, -0.05) is 48.5 Å². The Morgan fingerprint density at radius 2 is 1.81 bits per heavy atom. The molecule has 4 rings (SSSR count). The zero-order valence-electron chi connectivity index (χ0n) is 14.7. The molecule has 6 heteroatoms. The van der Waals surface area contributed by atoms with E-state index in [9.17, 15) is 0 Å². The van der Waals surface area contributed by atoms with Crippen LogP contribution in [0, 0.1) is 18.6 Å². The van der Waals surface area contributed by atoms with E-state index in [-0.39, 0.29) is 0 Å². The van der Waals surface area contributed by atoms with Crippen LogP contribution in [0.1, 0.15) is 22.6 Å². The van der Waals surface area contributed by atoms with Gasteiger partial charge in [-0.2, -0.15) is 14.9 Å². The third-order valence-electron chi connectivity index (χ3n) is 4.58. The summed E-state index contributed by atoms with van der Waals surface area (Å²) in [4.78, 5) is 0. The molecule has 0 amide bonds. The van der Waals surface area contributed by atoms with E-state index in [2.05, 4.69) is 75.3 Å². The minimum absolute atomic E-state index is 0.490. The highest BCUT2D eigenvalue weighted by Crippen LogP contribution is 2.25. The Morgan fingerprint density at radius 1 is 1.08 bits per heavy atom. The highest BCUT2D eigenvalue weighted by atomic mass is 32.1. The van der Waals surface area contributed by atoms with Crippen molar-refractivity contribution in [3.63, 3.8) is 0 Å². The molecule has 0 atom stereocenters. The summed E-state index contributed by atoms with van der Waals surface area (Å²) in [5.74, 6) is 0.733. The monoisotopic (exact) mass is 361 g/mol. The molecule has 0 spiro atoms. The van der Waals surface area contributed by atoms with Crippen LogP contribution in [0.15, 0.2) is 59.7 Å². The molecule has 2 aromatic heterocycles. The molecule has 2 heterocycles. The largest absolute Gasteiger partial charge is 0.340 e. The number of benzene rings is 2. The molecule has 0 radical (unpaired) electrons. The van der Waals surface area contributed by atoms with Crippen molar-refractivity contribution in [2.24, 2.45) is 5.10 Å². The van der Waals surface area contributed by atoms with Crippen molar-refractivity contribution in [2.75, 3.05) is 0 Å². The summed E-state index contributed by atoms with van der Waals surface area (Å²) < 4.78 is 4.45. The van der Waals surface area contributed by atoms with Crippen molar-refractivity contribution in [3.05, 3.63) is 82.0 Å². The second kappa shape index (κ2) is 6.72. The Bertz CT molecular complexity index is 1150. The molecular formula is C20H19N5S. The summed E-state index contributed by atoms with van der Waals surface area (Å²) in [6.45, 7) is 4.83. The lowest BCUT2D eigenvalue weighted by molar-refractivity contribution is 0.801. The number of fused-ring (bicyclic) bond motifs is 1. The van der Waals surface area contributed by atoms with Gasteiger partial charge in [0.15, 0.2) is 0 Å². The van der Waals surface area contributed by atoms with Crippen molar-refractivity contribution >= 4 is 29.3 Å². The minimum Gasteiger partial charge on any atom is -0.340 e. The topological polar surface area (TPSA) is 50.9 Å². The van der Waals surface area contributed by atoms with Crippen molar-refractivity contribution < 1.29 is 0 Å². The molecule has 0 unspecified atom stereocenters. The maximum absolute atomic E-state index is 5.23. The van der Waals surface area contributed by atoms with Gasteiger partial charge in [-0.15, -0.1) is 0 Å². The van der Waals surface area contributed by atoms with Crippen LogP contribution in [0.4, 0.5) is 0 Å². The number of aromatic amines is 1. The van der Waals surface area contributed by atoms with Crippen molar-refractivity contribution in [3.8, 4) is 0 Å². The highest BCUT2D eigenvalue weighted by Gasteiger charge is 2.13. The normalized spacial score (nSPS) is 11.6. The van der Waals surface area contributed by atoms with Gasteiger partial charge in [0.05, 0.1) is 6.21 Å². The number of nitrogens with zero attached hydrogens (tertiary/aromatic N) is 4. The highest BCUT2D eigenvalue weighted by molar-refractivity contribution is 7.71. The summed E-state index contributed by atoms with van der Waals surface area (Å²) >= 11 is 5.23. The molecule has 0 saturated carbocycles. The summed E-state index contributed by atoms with van der Waals surface area (Å²) in [5.41, 5.74) is 4.74. The molecule has 0 aliphatic rings. The Kier molecular flexibility index (Phi) is 4.26. The van der Waals surface area contributed by atoms with E-state index in [0.717, 1.165) is 17.9 Å². The molecule has 0 fully saturated rings. The van der Waals surface area contributed by atoms with Crippen LogP contribution >= 0.6 is 12.2 Å². The zero-order chi connectivity index (χ0) is 18.1. The van der Waals surface area contributed by atoms with Gasteiger partial charge in [-0.25, -0.2) is 0 Å². The minimum atomic E-state index is 0.490. The van der Waals surface area contributed by atoms with Crippen LogP contribution in [-0.4, -0.2) is 25.7 Å². The molecule has 5 nitrogen and oxygen atoms in total. The number of aromatic nitrogens is 4. The molecular weight excluding hydrogens is 342 g/mol. The standard InChI is InChI=1S/C20H19N5S/c1-14-18(12-21-25-15(2)22-23-20(25)26)17-10-6-7-11-19(17)24(14)13-16-8-4-3-5-9-16/h3-12H,13H2,1-2H3,(H,23,26)/b21-12-. The fourth-order valence-electron chi connectivity index (χ4n) is 3.21. The van der Waals surface area contributed by atoms with Crippen molar-refractivity contribution in [1.82, 2.24) is 19.4 Å². The first-order valence-corrected chi connectivity index (χ1v) is 8.86. The number of aryl methyl sites for hydroxylation is 1. The van der Waals surface area contributed by atoms with Gasteiger partial charge in [-0.05, 0) is 37.7 Å². The van der Waals surface area contributed by atoms with Gasteiger partial charge in [0, 0.05) is 28.7 Å². The third kappa shape index (κ3) is 2.88. The maximum Gasteiger partial charge on any atom is 0.216 e. The van der Waals surface area contributed by atoms with Gasteiger partial charge in [-0.3, -0.25) is 5.10 Å². The lowest BCUT2D eigenvalue weighted by atomic mass is 10.1. The Morgan fingerprint density at radius 3 is 2.54 bits per heavy atom. The molecule has 0 bridgehead atoms. The van der Waals surface area contributed by atoms with Gasteiger partial charge in [0.2, 0.25) is 4.77 Å². The summed E-state index contributed by atoms with van der Waals surface area (Å²) in [7, 11) is 0. The van der Waals surface area contributed by atoms with Crippen molar-refractivity contribution in [2.45, 2.75) is 20.4 Å². The Hall–Kier alpha value is -2.99. The predicted octanol–water partition coefficient (Wildman–Crippen LogP) is 4.44. The third-order valence-corrected chi connectivity index (χ3v) is 4.84. The van der Waals surface area contributed by atoms with Crippen LogP contribution < -0.4 is 0 Å². The number of hydrogen-bond donors (Lipinski definition) is 1. The van der Waals surface area contributed by atoms with Gasteiger partial charge in [0.25, 0.3) is 0 Å². The van der Waals surface area contributed by atoms with E-state index in [1.165, 1.54) is 22.2 Å². The fourth-order valence-corrected chi connectivity index (χ4v) is 3.44. The Balaban J connectivity index is 1.83. The zero-order valence-corrected chi connectivity index (χ0v) is 15.5. The fraction of sp³-hybridized carbons (Fsp3) is 0.150. The molecule has 4 aromatic rings. The smallest absolute Gasteiger partial charge is 0.216 e. The van der Waals surface area contributed by atoms with E-state index in [0.29, 0.717) is 4.77 Å². The number of para-hydroxylation sites is 1. The van der Waals surface area contributed by atoms with Crippen LogP contribution in [0.5, 0.6) is 0 Å². The molecule has 0 aliphatic carbocycles. The van der Waals surface area contributed by atoms with Crippen LogP contribution in [0.2, 0.25) is 0 Å². The number of H-pyrrole nitrogens is 1. The van der Waals surface area contributed by atoms with E-state index in [1.54, 1.807) is 4.68 Å². The summed E-state index contributed by atoms with van der Waals surface area (Å²) in [6.07, 6.45) is 1.87. The molecule has 0 aliphatic heterocycles. The second-order valence-corrected chi connectivity index (χ2v) is 6.61. The summed E-state index contributed by atoms with van der Waals surface area (Å²) in [6, 6.07) is 18.9. The van der Waals surface area contributed by atoms with Gasteiger partial charge < -0.3 is 4.57 Å². The second-order valence-electron chi connectivity index (χ2n) is 6.22. The van der Waals surface area contributed by atoms with Crippen LogP contribution in [0.3, 0.4) is 0 Å². The predicted molar refractivity (Wildman–Crippen MR) is 107 cm³/mol. The number of rotatable bonds is 4. The molecule has 130 valence electrons. The number of hydrogen-bond acceptors (Lipinski definition) is 3. The Labute approximate surface area is 156 Å². The lowest BCUT2D eigenvalue weighted by Crippen LogP contribution is -2.02. The van der Waals surface area contributed by atoms with Crippen molar-refractivity contribution in [1.29, 1.82) is 0 Å². The van der Waals surface area contributed by atoms with E-state index in [1.807, 2.05) is 19.2 Å². The first kappa shape index (κ1) is 16.5. The first-order valence-electron chi connectivity index (χ1n) is 8.45. The van der Waals surface area contributed by atoms with Crippen LogP contribution in [0.25, 0.3) is 10.9 Å². The SMILES string of the molecule is Cc1n[nH]c(=S)n1/N=C\c1c(C)n(Cc2ccccc2)c2ccccc12. The van der Waals surface area contributed by atoms with Gasteiger partial charge >= 0.3 is 0 Å². The molecule has 1 N–H and O–H groups in total. The average molecular weight is 361 g/mol. The van der Waals surface area contributed by atoms with E-state index < -0.39 is 0 Å². The quantitative estimate of drug-likeness (QED) is 0.431. The lowest BCUT2D eigenvalue weighted by Gasteiger charge is -2.08. The first-order chi connectivity index (χ1) is 12.6. The molecule has 0 saturated heterocycles.